The van der Waals surface area contributed by atoms with E-state index in [0.717, 1.165) is 52.0 Å². The van der Waals surface area contributed by atoms with E-state index in [9.17, 15) is 8.42 Å². The molecule has 2 heterocycles. The molecular formula is C15H31N3O3S. The van der Waals surface area contributed by atoms with Crippen molar-refractivity contribution in [1.29, 1.82) is 0 Å². The van der Waals surface area contributed by atoms with Crippen LogP contribution in [0, 0.1) is 5.92 Å². The molecular weight excluding hydrogens is 302 g/mol. The quantitative estimate of drug-likeness (QED) is 0.789. The van der Waals surface area contributed by atoms with E-state index in [0.29, 0.717) is 25.6 Å². The molecule has 7 heteroatoms. The first-order valence-electron chi connectivity index (χ1n) is 8.57. The zero-order valence-electron chi connectivity index (χ0n) is 14.0. The number of hydrogen-bond donors (Lipinski definition) is 1. The maximum Gasteiger partial charge on any atom is 0.279 e. The van der Waals surface area contributed by atoms with Gasteiger partial charge in [-0.25, -0.2) is 4.72 Å². The van der Waals surface area contributed by atoms with Crippen LogP contribution in [0.2, 0.25) is 0 Å². The zero-order valence-corrected chi connectivity index (χ0v) is 14.8. The van der Waals surface area contributed by atoms with Gasteiger partial charge in [-0.2, -0.15) is 12.7 Å². The third-order valence-corrected chi connectivity index (χ3v) is 6.24. The monoisotopic (exact) mass is 333 g/mol. The second kappa shape index (κ2) is 8.59. The van der Waals surface area contributed by atoms with Gasteiger partial charge in [0.05, 0.1) is 13.2 Å². The number of morpholine rings is 1. The Morgan fingerprint density at radius 2 is 1.59 bits per heavy atom. The topological polar surface area (TPSA) is 61.9 Å². The Bertz CT molecular complexity index is 414. The highest BCUT2D eigenvalue weighted by Gasteiger charge is 2.28. The van der Waals surface area contributed by atoms with E-state index in [1.54, 1.807) is 4.31 Å². The first-order valence-corrected chi connectivity index (χ1v) is 10.0. The van der Waals surface area contributed by atoms with Gasteiger partial charge in [0.1, 0.15) is 0 Å². The minimum absolute atomic E-state index is 0.227. The van der Waals surface area contributed by atoms with Crippen LogP contribution < -0.4 is 4.72 Å². The summed E-state index contributed by atoms with van der Waals surface area (Å²) in [4.78, 5) is 2.35. The third kappa shape index (κ3) is 5.16. The predicted molar refractivity (Wildman–Crippen MR) is 88.0 cm³/mol. The Labute approximate surface area is 135 Å². The van der Waals surface area contributed by atoms with Crippen molar-refractivity contribution in [3.63, 3.8) is 0 Å². The van der Waals surface area contributed by atoms with Crippen LogP contribution in [-0.4, -0.2) is 69.6 Å². The van der Waals surface area contributed by atoms with Crippen LogP contribution >= 0.6 is 0 Å². The van der Waals surface area contributed by atoms with Crippen LogP contribution in [0.1, 0.15) is 39.5 Å². The van der Waals surface area contributed by atoms with E-state index >= 15 is 0 Å². The largest absolute Gasteiger partial charge is 0.379 e. The van der Waals surface area contributed by atoms with E-state index in [4.69, 9.17) is 4.74 Å². The molecule has 0 aromatic rings. The van der Waals surface area contributed by atoms with Gasteiger partial charge in [-0.1, -0.05) is 26.7 Å². The lowest BCUT2D eigenvalue weighted by molar-refractivity contribution is 0.00768. The molecule has 2 fully saturated rings. The van der Waals surface area contributed by atoms with Gasteiger partial charge in [0.15, 0.2) is 0 Å². The van der Waals surface area contributed by atoms with Crippen molar-refractivity contribution in [1.82, 2.24) is 13.9 Å². The van der Waals surface area contributed by atoms with Crippen molar-refractivity contribution in [3.05, 3.63) is 0 Å². The fourth-order valence-corrected chi connectivity index (χ4v) is 4.56. The lowest BCUT2D eigenvalue weighted by Gasteiger charge is -2.37. The molecule has 0 amide bonds. The summed E-state index contributed by atoms with van der Waals surface area (Å²) in [5.74, 6) is 0.407. The molecule has 6 nitrogen and oxygen atoms in total. The van der Waals surface area contributed by atoms with Crippen LogP contribution in [0.3, 0.4) is 0 Å². The highest BCUT2D eigenvalue weighted by molar-refractivity contribution is 7.87. The number of nitrogens with zero attached hydrogens (tertiary/aromatic N) is 2. The van der Waals surface area contributed by atoms with Crippen molar-refractivity contribution in [2.24, 2.45) is 5.92 Å². The fourth-order valence-electron chi connectivity index (χ4n) is 3.26. The molecule has 0 bridgehead atoms. The third-order valence-electron chi connectivity index (χ3n) is 4.66. The van der Waals surface area contributed by atoms with Gasteiger partial charge in [-0.05, 0) is 18.8 Å². The average molecular weight is 333 g/mol. The average Bonchev–Trinajstić information content (AvgIpc) is 2.78. The summed E-state index contributed by atoms with van der Waals surface area (Å²) in [5, 5.41) is 0. The van der Waals surface area contributed by atoms with Crippen LogP contribution in [0.5, 0.6) is 0 Å². The fraction of sp³-hybridized carbons (Fsp3) is 1.00. The van der Waals surface area contributed by atoms with E-state index in [1.165, 1.54) is 0 Å². The number of hydrogen-bond acceptors (Lipinski definition) is 4. The SMILES string of the molecule is CC(C)C(CNS(=O)(=O)N1CCCCCC1)N1CCOCC1. The standard InChI is InChI=1S/C15H31N3O3S/c1-14(2)15(17-9-11-21-12-10-17)13-16-22(19,20)18-7-5-3-4-6-8-18/h14-16H,3-13H2,1-2H3. The molecule has 0 spiro atoms. The second-order valence-corrected chi connectivity index (χ2v) is 8.38. The van der Waals surface area contributed by atoms with Gasteiger partial charge >= 0.3 is 0 Å². The van der Waals surface area contributed by atoms with Crippen LogP contribution in [0.4, 0.5) is 0 Å². The van der Waals surface area contributed by atoms with Gasteiger partial charge in [-0.15, -0.1) is 0 Å². The summed E-state index contributed by atoms with van der Waals surface area (Å²) in [6, 6.07) is 0.227. The molecule has 2 saturated heterocycles. The summed E-state index contributed by atoms with van der Waals surface area (Å²) >= 11 is 0. The molecule has 2 rings (SSSR count). The van der Waals surface area contributed by atoms with Crippen molar-refractivity contribution in [2.75, 3.05) is 45.9 Å². The second-order valence-electron chi connectivity index (χ2n) is 6.63. The summed E-state index contributed by atoms with van der Waals surface area (Å²) in [6.07, 6.45) is 4.21. The van der Waals surface area contributed by atoms with Crippen LogP contribution in [0.15, 0.2) is 0 Å². The first kappa shape index (κ1) is 18.1. The van der Waals surface area contributed by atoms with E-state index in [1.807, 2.05) is 0 Å². The normalized spacial score (nSPS) is 24.3. The molecule has 22 heavy (non-hydrogen) atoms. The molecule has 1 unspecified atom stereocenters. The van der Waals surface area contributed by atoms with Crippen molar-refractivity contribution >= 4 is 10.2 Å². The molecule has 0 aliphatic carbocycles. The summed E-state index contributed by atoms with van der Waals surface area (Å²) in [5.41, 5.74) is 0. The van der Waals surface area contributed by atoms with E-state index < -0.39 is 10.2 Å². The molecule has 0 saturated carbocycles. The minimum Gasteiger partial charge on any atom is -0.379 e. The predicted octanol–water partition coefficient (Wildman–Crippen LogP) is 1.05. The lowest BCUT2D eigenvalue weighted by Crippen LogP contribution is -2.53. The smallest absolute Gasteiger partial charge is 0.279 e. The molecule has 2 aliphatic heterocycles. The number of nitrogens with one attached hydrogen (secondary N) is 1. The molecule has 130 valence electrons. The molecule has 0 radical (unpaired) electrons. The van der Waals surface area contributed by atoms with Crippen molar-refractivity contribution < 1.29 is 13.2 Å². The Morgan fingerprint density at radius 3 is 2.14 bits per heavy atom. The minimum atomic E-state index is -3.35. The molecule has 0 aromatic heterocycles. The van der Waals surface area contributed by atoms with Gasteiger partial charge in [0, 0.05) is 38.8 Å². The molecule has 0 aromatic carbocycles. The molecule has 1 atom stereocenters. The Morgan fingerprint density at radius 1 is 1.00 bits per heavy atom. The highest BCUT2D eigenvalue weighted by atomic mass is 32.2. The zero-order chi connectivity index (χ0) is 16.0. The first-order chi connectivity index (χ1) is 10.5. The number of ether oxygens (including phenoxy) is 1. The Hall–Kier alpha value is -0.210. The van der Waals surface area contributed by atoms with Crippen LogP contribution in [0.25, 0.3) is 0 Å². The maximum absolute atomic E-state index is 12.5. The maximum atomic E-state index is 12.5. The van der Waals surface area contributed by atoms with E-state index in [-0.39, 0.29) is 6.04 Å². The Balaban J connectivity index is 1.92. The van der Waals surface area contributed by atoms with Crippen molar-refractivity contribution in [3.8, 4) is 0 Å². The van der Waals surface area contributed by atoms with Gasteiger partial charge in [-0.3, -0.25) is 4.90 Å². The Kier molecular flexibility index (Phi) is 7.08. The van der Waals surface area contributed by atoms with Gasteiger partial charge in [0.25, 0.3) is 10.2 Å². The van der Waals surface area contributed by atoms with Crippen LogP contribution in [-0.2, 0) is 14.9 Å². The van der Waals surface area contributed by atoms with E-state index in [2.05, 4.69) is 23.5 Å². The highest BCUT2D eigenvalue weighted by Crippen LogP contribution is 2.15. The molecule has 1 N–H and O–H groups in total. The van der Waals surface area contributed by atoms with Crippen molar-refractivity contribution in [2.45, 2.75) is 45.6 Å². The van der Waals surface area contributed by atoms with Gasteiger partial charge in [0.2, 0.25) is 0 Å². The molecule has 2 aliphatic rings. The number of rotatable bonds is 6. The summed E-state index contributed by atoms with van der Waals surface area (Å²) < 4.78 is 34.9. The summed E-state index contributed by atoms with van der Waals surface area (Å²) in [7, 11) is -3.35. The van der Waals surface area contributed by atoms with Gasteiger partial charge < -0.3 is 4.74 Å². The summed E-state index contributed by atoms with van der Waals surface area (Å²) in [6.45, 7) is 9.34. The lowest BCUT2D eigenvalue weighted by atomic mass is 10.0.